The quantitative estimate of drug-likeness (QED) is 0.214. The molecule has 230 valence electrons. The Morgan fingerprint density at radius 2 is 1.82 bits per heavy atom. The normalized spacial score (nSPS) is 16.9. The molecule has 0 unspecified atom stereocenters. The molecule has 44 heavy (non-hydrogen) atoms. The van der Waals surface area contributed by atoms with Crippen LogP contribution in [-0.4, -0.2) is 66.0 Å². The van der Waals surface area contributed by atoms with Gasteiger partial charge in [-0.1, -0.05) is 6.07 Å². The van der Waals surface area contributed by atoms with Crippen LogP contribution in [0.15, 0.2) is 48.1 Å². The van der Waals surface area contributed by atoms with Gasteiger partial charge in [-0.2, -0.15) is 13.2 Å². The predicted octanol–water partition coefficient (Wildman–Crippen LogP) is 6.24. The van der Waals surface area contributed by atoms with Gasteiger partial charge >= 0.3 is 6.18 Å². The largest absolute Gasteiger partial charge is 0.416 e. The Kier molecular flexibility index (Phi) is 7.93. The Morgan fingerprint density at radius 3 is 2.52 bits per heavy atom. The highest BCUT2D eigenvalue weighted by Crippen LogP contribution is 2.36. The molecule has 2 aromatic heterocycles. The molecule has 0 radical (unpaired) electrons. The molecule has 9 nitrogen and oxygen atoms in total. The summed E-state index contributed by atoms with van der Waals surface area (Å²) in [6, 6.07) is 9.02. The third-order valence-electron chi connectivity index (χ3n) is 8.03. The molecule has 6 rings (SSSR count). The van der Waals surface area contributed by atoms with Crippen molar-refractivity contribution in [3.05, 3.63) is 70.4 Å². The van der Waals surface area contributed by atoms with Crippen molar-refractivity contribution in [2.75, 3.05) is 48.0 Å². The van der Waals surface area contributed by atoms with Crippen LogP contribution in [0.3, 0.4) is 0 Å². The van der Waals surface area contributed by atoms with Gasteiger partial charge in [-0.25, -0.2) is 9.97 Å². The number of carbonyl (C=O) groups excluding carboxylic acids is 2. The summed E-state index contributed by atoms with van der Waals surface area (Å²) >= 11 is 1.39. The smallest absolute Gasteiger partial charge is 0.370 e. The average Bonchev–Trinajstić information content (AvgIpc) is 3.46. The van der Waals surface area contributed by atoms with Crippen molar-refractivity contribution in [2.24, 2.45) is 0 Å². The maximum absolute atomic E-state index is 13.8. The lowest BCUT2D eigenvalue weighted by atomic mass is 10.1. The van der Waals surface area contributed by atoms with Gasteiger partial charge in [0, 0.05) is 53.2 Å². The van der Waals surface area contributed by atoms with Gasteiger partial charge in [-0.15, -0.1) is 11.3 Å². The van der Waals surface area contributed by atoms with Gasteiger partial charge in [0.25, 0.3) is 11.8 Å². The summed E-state index contributed by atoms with van der Waals surface area (Å²) in [6.07, 6.45) is -0.197. The van der Waals surface area contributed by atoms with E-state index in [1.807, 2.05) is 30.8 Å². The van der Waals surface area contributed by atoms with E-state index >= 15 is 0 Å². The SMILES string of the molecule is Cc1ccc(NC(=O)c2cc(N3CC[C@@H](N(C)C)C3)cc(C(F)(F)F)c2)cc1NC(=O)c1csc2c(NC3CC3)ncnc12. The molecule has 4 aromatic rings. The van der Waals surface area contributed by atoms with E-state index in [4.69, 9.17) is 0 Å². The number of aromatic nitrogens is 2. The summed E-state index contributed by atoms with van der Waals surface area (Å²) in [5, 5.41) is 10.7. The molecule has 2 amide bonds. The zero-order valence-electron chi connectivity index (χ0n) is 24.5. The van der Waals surface area contributed by atoms with Gasteiger partial charge in [-0.3, -0.25) is 9.59 Å². The Morgan fingerprint density at radius 1 is 1.02 bits per heavy atom. The van der Waals surface area contributed by atoms with E-state index in [1.165, 1.54) is 23.7 Å². The van der Waals surface area contributed by atoms with Crippen LogP contribution in [0.2, 0.25) is 0 Å². The first-order valence-corrected chi connectivity index (χ1v) is 15.2. The van der Waals surface area contributed by atoms with Crippen LogP contribution in [0.4, 0.5) is 36.1 Å². The summed E-state index contributed by atoms with van der Waals surface area (Å²) < 4.78 is 42.3. The molecule has 3 N–H and O–H groups in total. The molecule has 1 aliphatic carbocycles. The van der Waals surface area contributed by atoms with Crippen LogP contribution in [0.1, 0.15) is 51.1 Å². The van der Waals surface area contributed by atoms with Crippen molar-refractivity contribution < 1.29 is 22.8 Å². The van der Waals surface area contributed by atoms with Gasteiger partial charge in [-0.05, 0) is 76.2 Å². The van der Waals surface area contributed by atoms with Crippen LogP contribution < -0.4 is 20.9 Å². The number of nitrogens with zero attached hydrogens (tertiary/aromatic N) is 4. The minimum Gasteiger partial charge on any atom is -0.370 e. The lowest BCUT2D eigenvalue weighted by molar-refractivity contribution is -0.137. The first-order chi connectivity index (χ1) is 21.0. The molecular formula is C31H32F3N7O2S. The molecule has 13 heteroatoms. The summed E-state index contributed by atoms with van der Waals surface area (Å²) in [6.45, 7) is 2.97. The van der Waals surface area contributed by atoms with E-state index in [0.717, 1.165) is 41.7 Å². The molecule has 2 fully saturated rings. The van der Waals surface area contributed by atoms with Crippen molar-refractivity contribution in [3.63, 3.8) is 0 Å². The maximum Gasteiger partial charge on any atom is 0.416 e. The first kappa shape index (κ1) is 29.8. The van der Waals surface area contributed by atoms with E-state index in [2.05, 4.69) is 25.9 Å². The Labute approximate surface area is 256 Å². The molecular weight excluding hydrogens is 591 g/mol. The van der Waals surface area contributed by atoms with Crippen molar-refractivity contribution in [2.45, 2.75) is 44.4 Å². The Bertz CT molecular complexity index is 1740. The number of aryl methyl sites for hydroxylation is 1. The fourth-order valence-corrected chi connectivity index (χ4v) is 6.20. The molecule has 1 saturated carbocycles. The number of benzene rings is 2. The highest BCUT2D eigenvalue weighted by atomic mass is 32.1. The number of likely N-dealkylation sites (N-methyl/N-ethyl adjacent to an activating group) is 1. The van der Waals surface area contributed by atoms with E-state index in [9.17, 15) is 22.8 Å². The molecule has 3 heterocycles. The number of alkyl halides is 3. The van der Waals surface area contributed by atoms with Gasteiger partial charge in [0.05, 0.1) is 21.3 Å². The highest BCUT2D eigenvalue weighted by Gasteiger charge is 2.33. The number of fused-ring (bicyclic) bond motifs is 1. The van der Waals surface area contributed by atoms with Gasteiger partial charge in [0.2, 0.25) is 0 Å². The maximum atomic E-state index is 13.8. The molecule has 1 saturated heterocycles. The molecule has 1 aliphatic heterocycles. The number of halogens is 3. The van der Waals surface area contributed by atoms with Crippen molar-refractivity contribution in [3.8, 4) is 0 Å². The number of rotatable bonds is 8. The number of thiophene rings is 1. The topological polar surface area (TPSA) is 102 Å². The number of nitrogens with one attached hydrogen (secondary N) is 3. The van der Waals surface area contributed by atoms with Crippen LogP contribution in [-0.2, 0) is 6.18 Å². The lowest BCUT2D eigenvalue weighted by Gasteiger charge is -2.23. The number of hydrogen-bond acceptors (Lipinski definition) is 8. The fraction of sp³-hybridized carbons (Fsp3) is 0.355. The van der Waals surface area contributed by atoms with E-state index in [-0.39, 0.29) is 17.5 Å². The standard InChI is InChI=1S/C31H32F3N7O2S/c1-17-4-5-21(13-25(17)39-30(43)24-15-44-27-26(24)35-16-36-28(27)37-20-6-7-20)38-29(42)18-10-19(31(32,33)34)12-23(11-18)41-9-8-22(14-41)40(2)3/h4-5,10-13,15-16,20,22H,6-9,14H2,1-3H3,(H,38,42)(H,39,43)(H,35,36,37)/t22-/m1/s1. The fourth-order valence-electron chi connectivity index (χ4n) is 5.25. The third kappa shape index (κ3) is 6.34. The zero-order valence-corrected chi connectivity index (χ0v) is 25.3. The van der Waals surface area contributed by atoms with Crippen LogP contribution in [0.25, 0.3) is 10.2 Å². The second-order valence-electron chi connectivity index (χ2n) is 11.5. The van der Waals surface area contributed by atoms with Crippen LogP contribution >= 0.6 is 11.3 Å². The third-order valence-corrected chi connectivity index (χ3v) is 9.00. The number of amides is 2. The van der Waals surface area contributed by atoms with Crippen molar-refractivity contribution >= 4 is 56.2 Å². The molecule has 0 spiro atoms. The summed E-state index contributed by atoms with van der Waals surface area (Å²) in [7, 11) is 3.88. The number of hydrogen-bond donors (Lipinski definition) is 3. The molecule has 2 aromatic carbocycles. The van der Waals surface area contributed by atoms with Crippen LogP contribution in [0.5, 0.6) is 0 Å². The predicted molar refractivity (Wildman–Crippen MR) is 167 cm³/mol. The summed E-state index contributed by atoms with van der Waals surface area (Å²) in [4.78, 5) is 39.2. The van der Waals surface area contributed by atoms with Gasteiger partial charge in [0.15, 0.2) is 0 Å². The second kappa shape index (κ2) is 11.7. The number of carbonyl (C=O) groups is 2. The van der Waals surface area contributed by atoms with Crippen LogP contribution in [0, 0.1) is 6.92 Å². The molecule has 2 aliphatic rings. The summed E-state index contributed by atoms with van der Waals surface area (Å²) in [5.41, 5.74) is 1.84. The molecule has 0 bridgehead atoms. The Hall–Kier alpha value is -4.23. The minimum atomic E-state index is -4.61. The van der Waals surface area contributed by atoms with Crippen molar-refractivity contribution in [1.29, 1.82) is 0 Å². The Balaban J connectivity index is 1.21. The first-order valence-electron chi connectivity index (χ1n) is 14.3. The van der Waals surface area contributed by atoms with E-state index < -0.39 is 17.6 Å². The summed E-state index contributed by atoms with van der Waals surface area (Å²) in [5.74, 6) is -0.344. The second-order valence-corrected chi connectivity index (χ2v) is 12.4. The van der Waals surface area contributed by atoms with E-state index in [0.29, 0.717) is 53.1 Å². The molecule has 1 atom stereocenters. The lowest BCUT2D eigenvalue weighted by Crippen LogP contribution is -2.31. The average molecular weight is 624 g/mol. The zero-order chi connectivity index (χ0) is 31.2. The van der Waals surface area contributed by atoms with Gasteiger partial charge < -0.3 is 25.8 Å². The van der Waals surface area contributed by atoms with Gasteiger partial charge in [0.1, 0.15) is 12.1 Å². The monoisotopic (exact) mass is 623 g/mol. The minimum absolute atomic E-state index is 0.102. The van der Waals surface area contributed by atoms with Crippen molar-refractivity contribution in [1.82, 2.24) is 14.9 Å². The van der Waals surface area contributed by atoms with E-state index in [1.54, 1.807) is 23.6 Å². The highest BCUT2D eigenvalue weighted by molar-refractivity contribution is 7.18. The number of anilines is 4.